The van der Waals surface area contributed by atoms with E-state index in [1.54, 1.807) is 24.3 Å². The Hall–Kier alpha value is -1.29. The first-order valence-electron chi connectivity index (χ1n) is 5.92. The molecule has 1 aliphatic rings. The fourth-order valence-electron chi connectivity index (χ4n) is 2.30. The predicted octanol–water partition coefficient (Wildman–Crippen LogP) is 2.12. The lowest BCUT2D eigenvalue weighted by molar-refractivity contribution is -0.132. The molecule has 1 atom stereocenters. The van der Waals surface area contributed by atoms with E-state index in [9.17, 15) is 13.8 Å². The summed E-state index contributed by atoms with van der Waals surface area (Å²) < 4.78 is 12.3. The second kappa shape index (κ2) is 4.76. The zero-order valence-electron chi connectivity index (χ0n) is 10.5. The van der Waals surface area contributed by atoms with Gasteiger partial charge in [-0.15, -0.1) is 0 Å². The van der Waals surface area contributed by atoms with E-state index in [1.165, 1.54) is 0 Å². The van der Waals surface area contributed by atoms with Gasteiger partial charge in [0.15, 0.2) is 16.8 Å². The Morgan fingerprint density at radius 2 is 1.56 bits per heavy atom. The molecule has 0 N–H and O–H groups in total. The van der Waals surface area contributed by atoms with E-state index in [-0.39, 0.29) is 17.0 Å². The molecule has 96 valence electrons. The van der Waals surface area contributed by atoms with Crippen molar-refractivity contribution in [2.24, 2.45) is 5.41 Å². The zero-order chi connectivity index (χ0) is 13.3. The minimum absolute atomic E-state index is 0.196. The van der Waals surface area contributed by atoms with Gasteiger partial charge in [0.25, 0.3) is 0 Å². The van der Waals surface area contributed by atoms with Crippen LogP contribution in [-0.2, 0) is 20.4 Å². The van der Waals surface area contributed by atoms with E-state index >= 15 is 0 Å². The van der Waals surface area contributed by atoms with Gasteiger partial charge >= 0.3 is 0 Å². The molecular formula is C14H16O3S. The van der Waals surface area contributed by atoms with Crippen molar-refractivity contribution >= 4 is 22.4 Å². The van der Waals surface area contributed by atoms with Crippen molar-refractivity contribution in [3.05, 3.63) is 30.3 Å². The summed E-state index contributed by atoms with van der Waals surface area (Å²) in [6.45, 7) is 3.79. The molecular weight excluding hydrogens is 248 g/mol. The van der Waals surface area contributed by atoms with Gasteiger partial charge in [0.2, 0.25) is 0 Å². The van der Waals surface area contributed by atoms with Gasteiger partial charge in [0, 0.05) is 17.7 Å². The number of carbonyl (C=O) groups is 2. The molecule has 1 saturated carbocycles. The highest BCUT2D eigenvalue weighted by molar-refractivity contribution is 7.87. The molecule has 1 aliphatic carbocycles. The smallest absolute Gasteiger partial charge is 0.156 e. The summed E-state index contributed by atoms with van der Waals surface area (Å²) in [4.78, 5) is 24.6. The number of hydrogen-bond acceptors (Lipinski definition) is 3. The zero-order valence-corrected chi connectivity index (χ0v) is 11.3. The second-order valence-electron chi connectivity index (χ2n) is 5.44. The van der Waals surface area contributed by atoms with Gasteiger partial charge in [-0.2, -0.15) is 0 Å². The summed E-state index contributed by atoms with van der Waals surface area (Å²) in [5, 5.41) is -0.972. The van der Waals surface area contributed by atoms with Gasteiger partial charge in [-0.05, 0) is 17.5 Å². The van der Waals surface area contributed by atoms with Crippen molar-refractivity contribution < 1.29 is 13.8 Å². The number of rotatable bonds is 2. The molecule has 3 nitrogen and oxygen atoms in total. The summed E-state index contributed by atoms with van der Waals surface area (Å²) in [5.74, 6) is -0.392. The summed E-state index contributed by atoms with van der Waals surface area (Å²) in [6, 6.07) is 8.71. The molecule has 18 heavy (non-hydrogen) atoms. The second-order valence-corrected chi connectivity index (χ2v) is 6.98. The minimum Gasteiger partial charge on any atom is -0.298 e. The normalized spacial score (nSPS) is 21.9. The Morgan fingerprint density at radius 1 is 1.06 bits per heavy atom. The van der Waals surface area contributed by atoms with Crippen LogP contribution in [-0.4, -0.2) is 21.0 Å². The predicted molar refractivity (Wildman–Crippen MR) is 69.7 cm³/mol. The number of carbonyl (C=O) groups excluding carboxylic acids is 2. The van der Waals surface area contributed by atoms with Crippen LogP contribution in [0.25, 0.3) is 0 Å². The Morgan fingerprint density at radius 3 is 2.06 bits per heavy atom. The van der Waals surface area contributed by atoms with Crippen LogP contribution in [0.4, 0.5) is 0 Å². The van der Waals surface area contributed by atoms with E-state index in [0.717, 1.165) is 0 Å². The third kappa shape index (κ3) is 2.58. The van der Waals surface area contributed by atoms with Crippen LogP contribution in [0.1, 0.15) is 26.7 Å². The lowest BCUT2D eigenvalue weighted by atomic mass is 9.76. The maximum absolute atomic E-state index is 12.3. The van der Waals surface area contributed by atoms with Gasteiger partial charge in [0.05, 0.1) is 10.8 Å². The van der Waals surface area contributed by atoms with Gasteiger partial charge in [-0.1, -0.05) is 32.0 Å². The Balaban J connectivity index is 2.27. The molecule has 1 unspecified atom stereocenters. The first-order valence-corrected chi connectivity index (χ1v) is 7.13. The third-order valence-corrected chi connectivity index (χ3v) is 4.77. The number of hydrogen-bond donors (Lipinski definition) is 0. The fourth-order valence-corrected chi connectivity index (χ4v) is 3.64. The molecule has 0 spiro atoms. The van der Waals surface area contributed by atoms with E-state index in [0.29, 0.717) is 17.7 Å². The highest BCUT2D eigenvalue weighted by Crippen LogP contribution is 2.34. The van der Waals surface area contributed by atoms with Gasteiger partial charge in [-0.3, -0.25) is 13.8 Å². The highest BCUT2D eigenvalue weighted by Gasteiger charge is 2.43. The molecule has 4 heteroatoms. The summed E-state index contributed by atoms with van der Waals surface area (Å²) in [7, 11) is -1.56. The molecule has 0 aliphatic heterocycles. The lowest BCUT2D eigenvalue weighted by Gasteiger charge is -2.31. The van der Waals surface area contributed by atoms with Crippen LogP contribution < -0.4 is 0 Å². The Kier molecular flexibility index (Phi) is 3.48. The van der Waals surface area contributed by atoms with Crippen LogP contribution in [0.15, 0.2) is 35.2 Å². The third-order valence-electron chi connectivity index (χ3n) is 3.08. The standard InChI is InChI=1S/C14H16O3S/c1-14(2)8-11(15)13(12(16)9-14)18(17)10-6-4-3-5-7-10/h3-7,13H,8-9H2,1-2H3. The summed E-state index contributed by atoms with van der Waals surface area (Å²) in [5.41, 5.74) is -0.300. The van der Waals surface area contributed by atoms with Crippen molar-refractivity contribution in [3.8, 4) is 0 Å². The van der Waals surface area contributed by atoms with E-state index in [4.69, 9.17) is 0 Å². The van der Waals surface area contributed by atoms with Crippen molar-refractivity contribution in [2.75, 3.05) is 0 Å². The first kappa shape index (κ1) is 13.1. The summed E-state index contributed by atoms with van der Waals surface area (Å²) in [6.07, 6.45) is 0.643. The SMILES string of the molecule is CC1(C)CC(=O)C(S(=O)c2ccccc2)C(=O)C1. The number of ketones is 2. The van der Waals surface area contributed by atoms with Crippen molar-refractivity contribution in [3.63, 3.8) is 0 Å². The Labute approximate surface area is 109 Å². The van der Waals surface area contributed by atoms with Crippen LogP contribution in [0, 0.1) is 5.41 Å². The molecule has 0 bridgehead atoms. The molecule has 0 heterocycles. The van der Waals surface area contributed by atoms with Gasteiger partial charge in [0.1, 0.15) is 0 Å². The van der Waals surface area contributed by atoms with Gasteiger partial charge < -0.3 is 0 Å². The van der Waals surface area contributed by atoms with Crippen LogP contribution >= 0.6 is 0 Å². The highest BCUT2D eigenvalue weighted by atomic mass is 32.2. The van der Waals surface area contributed by atoms with Crippen molar-refractivity contribution in [2.45, 2.75) is 36.8 Å². The lowest BCUT2D eigenvalue weighted by Crippen LogP contribution is -2.44. The maximum atomic E-state index is 12.3. The van der Waals surface area contributed by atoms with E-state index in [1.807, 2.05) is 19.9 Å². The Bertz CT molecular complexity index is 485. The minimum atomic E-state index is -1.56. The van der Waals surface area contributed by atoms with Crippen molar-refractivity contribution in [1.82, 2.24) is 0 Å². The number of benzene rings is 1. The van der Waals surface area contributed by atoms with E-state index < -0.39 is 16.0 Å². The largest absolute Gasteiger partial charge is 0.298 e. The van der Waals surface area contributed by atoms with Crippen LogP contribution in [0.5, 0.6) is 0 Å². The fraction of sp³-hybridized carbons (Fsp3) is 0.429. The van der Waals surface area contributed by atoms with Crippen molar-refractivity contribution in [1.29, 1.82) is 0 Å². The average Bonchev–Trinajstić information content (AvgIpc) is 2.27. The van der Waals surface area contributed by atoms with Crippen LogP contribution in [0.3, 0.4) is 0 Å². The monoisotopic (exact) mass is 264 g/mol. The van der Waals surface area contributed by atoms with Crippen LogP contribution in [0.2, 0.25) is 0 Å². The molecule has 0 saturated heterocycles. The molecule has 0 radical (unpaired) electrons. The molecule has 2 rings (SSSR count). The van der Waals surface area contributed by atoms with Gasteiger partial charge in [-0.25, -0.2) is 0 Å². The molecule has 1 fully saturated rings. The van der Waals surface area contributed by atoms with E-state index in [2.05, 4.69) is 0 Å². The maximum Gasteiger partial charge on any atom is 0.156 e. The number of Topliss-reactive ketones (excluding diaryl/α,β-unsaturated/α-hetero) is 2. The first-order chi connectivity index (χ1) is 8.41. The molecule has 0 aromatic heterocycles. The summed E-state index contributed by atoms with van der Waals surface area (Å²) >= 11 is 0. The molecule has 1 aromatic rings. The average molecular weight is 264 g/mol. The topological polar surface area (TPSA) is 51.2 Å². The molecule has 0 amide bonds. The quantitative estimate of drug-likeness (QED) is 0.769. The molecule has 1 aromatic carbocycles.